The number of ketones is 1. The zero-order valence-corrected chi connectivity index (χ0v) is 19.7. The summed E-state index contributed by atoms with van der Waals surface area (Å²) >= 11 is 3.20. The van der Waals surface area contributed by atoms with Gasteiger partial charge in [-0.05, 0) is 72.8 Å². The number of rotatable bonds is 7. The highest BCUT2D eigenvalue weighted by molar-refractivity contribution is 7.13. The Morgan fingerprint density at radius 1 is 0.968 bits per heavy atom. The maximum absolute atomic E-state index is 12.4. The van der Waals surface area contributed by atoms with Gasteiger partial charge in [0.15, 0.2) is 5.78 Å². The lowest BCUT2D eigenvalue weighted by Gasteiger charge is -2.36. The average molecular weight is 454 g/mol. The van der Waals surface area contributed by atoms with E-state index in [-0.39, 0.29) is 0 Å². The van der Waals surface area contributed by atoms with Gasteiger partial charge in [-0.25, -0.2) is 0 Å². The largest absolute Gasteiger partial charge is 0.353 e. The monoisotopic (exact) mass is 453 g/mol. The molecule has 0 amide bonds. The van der Waals surface area contributed by atoms with Crippen molar-refractivity contribution in [1.29, 1.82) is 0 Å². The van der Waals surface area contributed by atoms with Gasteiger partial charge in [0.05, 0.1) is 9.58 Å². The molecule has 0 radical (unpaired) electrons. The Kier molecular flexibility index (Phi) is 6.67. The van der Waals surface area contributed by atoms with E-state index >= 15 is 0 Å². The van der Waals surface area contributed by atoms with Crippen molar-refractivity contribution >= 4 is 44.6 Å². The van der Waals surface area contributed by atoms with E-state index in [9.17, 15) is 4.79 Å². The molecule has 0 atom stereocenters. The van der Waals surface area contributed by atoms with E-state index in [0.29, 0.717) is 11.7 Å². The van der Waals surface area contributed by atoms with E-state index in [0.717, 1.165) is 43.4 Å². The minimum Gasteiger partial charge on any atom is -0.353 e. The van der Waals surface area contributed by atoms with E-state index in [4.69, 9.17) is 4.37 Å². The highest BCUT2D eigenvalue weighted by Crippen LogP contribution is 2.34. The maximum Gasteiger partial charge on any atom is 0.173 e. The lowest BCUT2D eigenvalue weighted by atomic mass is 9.78. The van der Waals surface area contributed by atoms with Gasteiger partial charge < -0.3 is 4.90 Å². The normalized spacial score (nSPS) is 22.8. The van der Waals surface area contributed by atoms with E-state index in [2.05, 4.69) is 34.1 Å². The summed E-state index contributed by atoms with van der Waals surface area (Å²) in [7, 11) is 0. The molecule has 1 saturated heterocycles. The quantitative estimate of drug-likeness (QED) is 0.414. The molecular weight excluding hydrogens is 422 g/mol. The van der Waals surface area contributed by atoms with Crippen LogP contribution in [0.3, 0.4) is 0 Å². The molecule has 2 aliphatic rings. The number of anilines is 1. The number of hydrogen-bond acceptors (Lipinski definition) is 6. The Morgan fingerprint density at radius 2 is 1.74 bits per heavy atom. The Morgan fingerprint density at radius 3 is 2.52 bits per heavy atom. The van der Waals surface area contributed by atoms with Crippen molar-refractivity contribution < 1.29 is 4.79 Å². The lowest BCUT2D eigenvalue weighted by Crippen LogP contribution is -2.47. The summed E-state index contributed by atoms with van der Waals surface area (Å²) in [6.45, 7) is 5.64. The SMILES string of the molecule is O=C(CC1CCC(CCN2CCN(c3nsc4ccccc34)CC2)CC1)c1cccs1. The van der Waals surface area contributed by atoms with Crippen LogP contribution in [-0.4, -0.2) is 47.8 Å². The van der Waals surface area contributed by atoms with Crippen LogP contribution in [0.15, 0.2) is 41.8 Å². The number of carbonyl (C=O) groups is 1. The first kappa shape index (κ1) is 21.1. The van der Waals surface area contributed by atoms with Crippen LogP contribution in [0.2, 0.25) is 0 Å². The number of aromatic nitrogens is 1. The van der Waals surface area contributed by atoms with Crippen LogP contribution in [0, 0.1) is 11.8 Å². The van der Waals surface area contributed by atoms with Gasteiger partial charge in [0, 0.05) is 38.0 Å². The van der Waals surface area contributed by atoms with Crippen LogP contribution in [0.25, 0.3) is 10.1 Å². The van der Waals surface area contributed by atoms with Gasteiger partial charge in [-0.1, -0.05) is 31.0 Å². The fourth-order valence-electron chi connectivity index (χ4n) is 5.17. The predicted octanol–water partition coefficient (Wildman–Crippen LogP) is 5.95. The average Bonchev–Trinajstić information content (AvgIpc) is 3.49. The minimum atomic E-state index is 0.351. The van der Waals surface area contributed by atoms with E-state index in [1.807, 2.05) is 17.5 Å². The fraction of sp³-hybridized carbons (Fsp3) is 0.520. The molecule has 1 aliphatic carbocycles. The zero-order valence-electron chi connectivity index (χ0n) is 18.0. The molecule has 3 aromatic rings. The molecule has 31 heavy (non-hydrogen) atoms. The second-order valence-corrected chi connectivity index (χ2v) is 10.9. The van der Waals surface area contributed by atoms with Gasteiger partial charge in [0.2, 0.25) is 0 Å². The van der Waals surface area contributed by atoms with Crippen molar-refractivity contribution in [2.75, 3.05) is 37.6 Å². The molecule has 3 heterocycles. The number of nitrogens with zero attached hydrogens (tertiary/aromatic N) is 3. The molecule has 6 heteroatoms. The summed E-state index contributed by atoms with van der Waals surface area (Å²) < 4.78 is 6.02. The van der Waals surface area contributed by atoms with Crippen molar-refractivity contribution in [1.82, 2.24) is 9.27 Å². The minimum absolute atomic E-state index is 0.351. The number of hydrogen-bond donors (Lipinski definition) is 0. The molecule has 0 bridgehead atoms. The number of carbonyl (C=O) groups excluding carboxylic acids is 1. The van der Waals surface area contributed by atoms with Crippen LogP contribution < -0.4 is 4.90 Å². The van der Waals surface area contributed by atoms with E-state index in [1.54, 1.807) is 22.9 Å². The number of benzene rings is 1. The second-order valence-electron chi connectivity index (χ2n) is 9.11. The van der Waals surface area contributed by atoms with Crippen LogP contribution in [-0.2, 0) is 0 Å². The Hall–Kier alpha value is -1.76. The Bertz CT molecular complexity index is 983. The predicted molar refractivity (Wildman–Crippen MR) is 132 cm³/mol. The highest BCUT2D eigenvalue weighted by Gasteiger charge is 2.25. The van der Waals surface area contributed by atoms with Crippen molar-refractivity contribution in [3.8, 4) is 0 Å². The van der Waals surface area contributed by atoms with Gasteiger partial charge in [-0.15, -0.1) is 11.3 Å². The molecule has 0 N–H and O–H groups in total. The summed E-state index contributed by atoms with van der Waals surface area (Å²) in [5, 5.41) is 3.30. The molecule has 2 fully saturated rings. The number of Topliss-reactive ketones (excluding diaryl/α,β-unsaturated/α-hetero) is 1. The Labute approximate surface area is 193 Å². The van der Waals surface area contributed by atoms with Gasteiger partial charge in [-0.2, -0.15) is 4.37 Å². The molecule has 0 spiro atoms. The smallest absolute Gasteiger partial charge is 0.173 e. The molecule has 2 aromatic heterocycles. The zero-order chi connectivity index (χ0) is 21.0. The molecule has 4 nitrogen and oxygen atoms in total. The molecule has 164 valence electrons. The maximum atomic E-state index is 12.4. The third kappa shape index (κ3) is 5.02. The van der Waals surface area contributed by atoms with Crippen LogP contribution >= 0.6 is 22.9 Å². The molecule has 1 aliphatic heterocycles. The van der Waals surface area contributed by atoms with Crippen molar-refractivity contribution in [2.45, 2.75) is 38.5 Å². The summed E-state index contributed by atoms with van der Waals surface area (Å²) in [6, 6.07) is 12.5. The summed E-state index contributed by atoms with van der Waals surface area (Å²) in [5.41, 5.74) is 0. The standard InChI is InChI=1S/C25H31N3OS2/c29-22(24-6-3-17-30-24)18-20-9-7-19(8-10-20)11-12-27-13-15-28(16-14-27)25-21-4-1-2-5-23(21)31-26-25/h1-6,17,19-20H,7-16,18H2. The third-order valence-corrected chi connectivity index (χ3v) is 8.85. The first-order valence-corrected chi connectivity index (χ1v) is 13.3. The number of thiophene rings is 1. The fourth-order valence-corrected chi connectivity index (χ4v) is 6.64. The topological polar surface area (TPSA) is 36.4 Å². The molecule has 1 saturated carbocycles. The van der Waals surface area contributed by atoms with Crippen LogP contribution in [0.1, 0.15) is 48.2 Å². The Balaban J connectivity index is 1.03. The second kappa shape index (κ2) is 9.80. The van der Waals surface area contributed by atoms with Crippen molar-refractivity contribution in [3.05, 3.63) is 46.7 Å². The highest BCUT2D eigenvalue weighted by atomic mass is 32.1. The molecule has 1 aromatic carbocycles. The van der Waals surface area contributed by atoms with Gasteiger partial charge in [-0.3, -0.25) is 9.69 Å². The van der Waals surface area contributed by atoms with E-state index in [1.165, 1.54) is 54.6 Å². The summed E-state index contributed by atoms with van der Waals surface area (Å²) in [5.74, 6) is 2.97. The van der Waals surface area contributed by atoms with Crippen molar-refractivity contribution in [2.24, 2.45) is 11.8 Å². The first-order chi connectivity index (χ1) is 15.3. The number of piperazine rings is 1. The summed E-state index contributed by atoms with van der Waals surface area (Å²) in [4.78, 5) is 18.4. The van der Waals surface area contributed by atoms with Crippen LogP contribution in [0.4, 0.5) is 5.82 Å². The molecule has 0 unspecified atom stereocenters. The third-order valence-electron chi connectivity index (χ3n) is 7.12. The molecule has 5 rings (SSSR count). The first-order valence-electron chi connectivity index (χ1n) is 11.6. The van der Waals surface area contributed by atoms with E-state index < -0.39 is 0 Å². The van der Waals surface area contributed by atoms with Gasteiger partial charge in [0.25, 0.3) is 0 Å². The van der Waals surface area contributed by atoms with Gasteiger partial charge >= 0.3 is 0 Å². The lowest BCUT2D eigenvalue weighted by molar-refractivity contribution is 0.0944. The number of fused-ring (bicyclic) bond motifs is 1. The molecular formula is C25H31N3OS2. The summed E-state index contributed by atoms with van der Waals surface area (Å²) in [6.07, 6.45) is 7.12. The van der Waals surface area contributed by atoms with Gasteiger partial charge in [0.1, 0.15) is 5.82 Å². The van der Waals surface area contributed by atoms with Crippen molar-refractivity contribution in [3.63, 3.8) is 0 Å². The van der Waals surface area contributed by atoms with Crippen LogP contribution in [0.5, 0.6) is 0 Å².